The average molecular weight is 201 g/mol. The third kappa shape index (κ3) is 1.47. The van der Waals surface area contributed by atoms with E-state index >= 15 is 0 Å². The number of hydrogen-bond acceptors (Lipinski definition) is 2. The van der Waals surface area contributed by atoms with Gasteiger partial charge in [-0.25, -0.2) is 4.39 Å². The highest BCUT2D eigenvalue weighted by molar-refractivity contribution is 5.10. The number of ether oxygens (including phenoxy) is 1. The monoisotopic (exact) mass is 201 g/mol. The van der Waals surface area contributed by atoms with Gasteiger partial charge in [0.25, 0.3) is 0 Å². The molecule has 2 nitrogen and oxygen atoms in total. The molecular weight excluding hydrogens is 181 g/mol. The van der Waals surface area contributed by atoms with Crippen LogP contribution in [-0.2, 0) is 4.74 Å². The van der Waals surface area contributed by atoms with Crippen LogP contribution in [0.5, 0.6) is 0 Å². The van der Waals surface area contributed by atoms with E-state index in [4.69, 9.17) is 4.74 Å². The smallest absolute Gasteiger partial charge is 0.117 e. The van der Waals surface area contributed by atoms with Crippen molar-refractivity contribution >= 4 is 0 Å². The van der Waals surface area contributed by atoms with Crippen molar-refractivity contribution in [1.82, 2.24) is 4.90 Å². The summed E-state index contributed by atoms with van der Waals surface area (Å²) in [5.74, 6) is 0. The minimum atomic E-state index is -0.659. The van der Waals surface area contributed by atoms with E-state index in [2.05, 4.69) is 4.90 Å². The lowest BCUT2D eigenvalue weighted by atomic mass is 9.85. The van der Waals surface area contributed by atoms with Crippen LogP contribution in [-0.4, -0.2) is 41.9 Å². The second-order valence-corrected chi connectivity index (χ2v) is 4.99. The Morgan fingerprint density at radius 1 is 1.57 bits per heavy atom. The third-order valence-electron chi connectivity index (χ3n) is 3.70. The molecule has 2 rings (SSSR count). The maximum absolute atomic E-state index is 13.5. The molecule has 3 heteroatoms. The lowest BCUT2D eigenvalue weighted by molar-refractivity contribution is -0.0770. The van der Waals surface area contributed by atoms with Crippen LogP contribution >= 0.6 is 0 Å². The van der Waals surface area contributed by atoms with Crippen LogP contribution in [0.15, 0.2) is 0 Å². The molecule has 2 aliphatic rings. The first-order valence-corrected chi connectivity index (χ1v) is 5.57. The summed E-state index contributed by atoms with van der Waals surface area (Å²) in [7, 11) is 0. The Labute approximate surface area is 85.4 Å². The Hall–Kier alpha value is -0.150. The van der Waals surface area contributed by atoms with E-state index < -0.39 is 6.17 Å². The molecular formula is C11H20FNO. The first-order chi connectivity index (χ1) is 6.55. The van der Waals surface area contributed by atoms with Crippen molar-refractivity contribution in [3.8, 4) is 0 Å². The fraction of sp³-hybridized carbons (Fsp3) is 1.00. The molecule has 2 heterocycles. The summed E-state index contributed by atoms with van der Waals surface area (Å²) in [4.78, 5) is 2.28. The van der Waals surface area contributed by atoms with E-state index in [1.165, 1.54) is 0 Å². The molecule has 0 bridgehead atoms. The molecule has 0 aromatic heterocycles. The zero-order valence-corrected chi connectivity index (χ0v) is 9.29. The highest BCUT2D eigenvalue weighted by Gasteiger charge is 2.55. The van der Waals surface area contributed by atoms with Crippen LogP contribution in [0.25, 0.3) is 0 Å². The van der Waals surface area contributed by atoms with Crippen LogP contribution in [0.2, 0.25) is 0 Å². The van der Waals surface area contributed by atoms with Gasteiger partial charge in [-0.05, 0) is 27.2 Å². The van der Waals surface area contributed by atoms with Gasteiger partial charge in [0.15, 0.2) is 0 Å². The number of alkyl halides is 1. The first-order valence-electron chi connectivity index (χ1n) is 5.57. The number of nitrogens with zero attached hydrogens (tertiary/aromatic N) is 1. The van der Waals surface area contributed by atoms with Gasteiger partial charge in [-0.1, -0.05) is 0 Å². The molecule has 14 heavy (non-hydrogen) atoms. The summed E-state index contributed by atoms with van der Waals surface area (Å²) in [5.41, 5.74) is 0.0447. The van der Waals surface area contributed by atoms with Crippen molar-refractivity contribution in [1.29, 1.82) is 0 Å². The Morgan fingerprint density at radius 3 is 2.71 bits per heavy atom. The molecule has 0 saturated carbocycles. The summed E-state index contributed by atoms with van der Waals surface area (Å²) >= 11 is 0. The van der Waals surface area contributed by atoms with Crippen molar-refractivity contribution in [2.75, 3.05) is 13.2 Å². The highest BCUT2D eigenvalue weighted by Crippen LogP contribution is 2.45. The molecule has 0 spiro atoms. The zero-order chi connectivity index (χ0) is 10.3. The first kappa shape index (κ1) is 10.4. The van der Waals surface area contributed by atoms with Gasteiger partial charge < -0.3 is 4.74 Å². The summed E-state index contributed by atoms with van der Waals surface area (Å²) in [6.07, 6.45) is 1.36. The largest absolute Gasteiger partial charge is 0.377 e. The minimum Gasteiger partial charge on any atom is -0.377 e. The fourth-order valence-corrected chi connectivity index (χ4v) is 2.68. The van der Waals surface area contributed by atoms with Crippen LogP contribution in [0.4, 0.5) is 4.39 Å². The molecule has 0 aromatic carbocycles. The molecule has 0 amide bonds. The molecule has 0 unspecified atom stereocenters. The maximum atomic E-state index is 13.5. The number of fused-ring (bicyclic) bond motifs is 1. The molecule has 82 valence electrons. The van der Waals surface area contributed by atoms with Gasteiger partial charge in [0.05, 0.1) is 12.7 Å². The van der Waals surface area contributed by atoms with E-state index in [1.54, 1.807) is 0 Å². The van der Waals surface area contributed by atoms with E-state index in [0.717, 1.165) is 13.0 Å². The molecule has 2 aliphatic heterocycles. The number of hydrogen-bond donors (Lipinski definition) is 0. The SMILES string of the molecule is CC(C)OC[C@]12CCN1[C@H](C)[C@H](F)C2. The Bertz CT molecular complexity index is 221. The number of halogens is 1. The summed E-state index contributed by atoms with van der Waals surface area (Å²) in [5, 5.41) is 0. The van der Waals surface area contributed by atoms with Gasteiger partial charge in [0.2, 0.25) is 0 Å². The predicted molar refractivity (Wildman–Crippen MR) is 54.1 cm³/mol. The van der Waals surface area contributed by atoms with E-state index in [-0.39, 0.29) is 17.7 Å². The summed E-state index contributed by atoms with van der Waals surface area (Å²) in [6.45, 7) is 7.80. The number of rotatable bonds is 3. The molecule has 0 radical (unpaired) electrons. The summed E-state index contributed by atoms with van der Waals surface area (Å²) in [6, 6.07) is 0.0968. The maximum Gasteiger partial charge on any atom is 0.117 e. The predicted octanol–water partition coefficient (Wildman–Crippen LogP) is 1.99. The van der Waals surface area contributed by atoms with Gasteiger partial charge in [-0.3, -0.25) is 4.90 Å². The second-order valence-electron chi connectivity index (χ2n) is 4.99. The van der Waals surface area contributed by atoms with Gasteiger partial charge in [0, 0.05) is 24.5 Å². The lowest BCUT2D eigenvalue weighted by Crippen LogP contribution is -2.60. The van der Waals surface area contributed by atoms with E-state index in [1.807, 2.05) is 20.8 Å². The third-order valence-corrected chi connectivity index (χ3v) is 3.70. The molecule has 3 atom stereocenters. The van der Waals surface area contributed by atoms with Crippen molar-refractivity contribution in [2.45, 2.75) is 57.5 Å². The van der Waals surface area contributed by atoms with Crippen LogP contribution in [0.1, 0.15) is 33.6 Å². The topological polar surface area (TPSA) is 12.5 Å². The van der Waals surface area contributed by atoms with Gasteiger partial charge in [0.1, 0.15) is 6.17 Å². The van der Waals surface area contributed by atoms with Crippen molar-refractivity contribution in [3.63, 3.8) is 0 Å². The van der Waals surface area contributed by atoms with Gasteiger partial charge in [-0.2, -0.15) is 0 Å². The van der Waals surface area contributed by atoms with Crippen LogP contribution in [0, 0.1) is 0 Å². The molecule has 0 aromatic rings. The lowest BCUT2D eigenvalue weighted by Gasteiger charge is -2.49. The second kappa shape index (κ2) is 3.46. The normalized spacial score (nSPS) is 42.6. The van der Waals surface area contributed by atoms with E-state index in [9.17, 15) is 4.39 Å². The Morgan fingerprint density at radius 2 is 2.29 bits per heavy atom. The van der Waals surface area contributed by atoms with Gasteiger partial charge in [-0.15, -0.1) is 0 Å². The van der Waals surface area contributed by atoms with Crippen molar-refractivity contribution in [3.05, 3.63) is 0 Å². The Balaban J connectivity index is 1.96. The highest BCUT2D eigenvalue weighted by atomic mass is 19.1. The van der Waals surface area contributed by atoms with Crippen LogP contribution < -0.4 is 0 Å². The molecule has 2 saturated heterocycles. The Kier molecular flexibility index (Phi) is 2.56. The fourth-order valence-electron chi connectivity index (χ4n) is 2.68. The minimum absolute atomic E-state index is 0.0447. The van der Waals surface area contributed by atoms with E-state index in [0.29, 0.717) is 13.0 Å². The van der Waals surface area contributed by atoms with Crippen LogP contribution in [0.3, 0.4) is 0 Å². The van der Waals surface area contributed by atoms with Gasteiger partial charge >= 0.3 is 0 Å². The van der Waals surface area contributed by atoms with Crippen molar-refractivity contribution in [2.24, 2.45) is 0 Å². The molecule has 0 aliphatic carbocycles. The average Bonchev–Trinajstić information content (AvgIpc) is 2.23. The summed E-state index contributed by atoms with van der Waals surface area (Å²) < 4.78 is 19.2. The standard InChI is InChI=1S/C11H20FNO/c1-8(2)14-7-11-4-5-13(11)9(3)10(12)6-11/h8-10H,4-7H2,1-3H3/t9-,10-,11-/m1/s1. The molecule has 0 N–H and O–H groups in total. The molecule has 2 fully saturated rings. The quantitative estimate of drug-likeness (QED) is 0.692. The van der Waals surface area contributed by atoms with Crippen molar-refractivity contribution < 1.29 is 9.13 Å². The zero-order valence-electron chi connectivity index (χ0n) is 9.29.